The Labute approximate surface area is 154 Å². The maximum atomic E-state index is 12.3. The van der Waals surface area contributed by atoms with Gasteiger partial charge in [-0.2, -0.15) is 5.10 Å². The highest BCUT2D eigenvalue weighted by molar-refractivity contribution is 6.30. The second kappa shape index (κ2) is 7.08. The second-order valence-corrected chi connectivity index (χ2v) is 8.47. The zero-order valence-corrected chi connectivity index (χ0v) is 16.4. The molecule has 0 aliphatic rings. The molecule has 0 aliphatic carbocycles. The molecule has 25 heavy (non-hydrogen) atoms. The molecule has 1 N–H and O–H groups in total. The van der Waals surface area contributed by atoms with E-state index < -0.39 is 0 Å². The van der Waals surface area contributed by atoms with Crippen LogP contribution in [-0.2, 0) is 15.7 Å². The van der Waals surface area contributed by atoms with E-state index in [-0.39, 0.29) is 23.5 Å². The monoisotopic (exact) mass is 363 g/mol. The maximum Gasteiger partial charge on any atom is 0.263 e. The van der Waals surface area contributed by atoms with Crippen molar-refractivity contribution >= 4 is 23.3 Å². The summed E-state index contributed by atoms with van der Waals surface area (Å²) in [6.45, 7) is 12.3. The van der Waals surface area contributed by atoms with Gasteiger partial charge in [-0.3, -0.25) is 4.79 Å². The van der Waals surface area contributed by atoms with Crippen LogP contribution < -0.4 is 10.1 Å². The summed E-state index contributed by atoms with van der Waals surface area (Å²) in [7, 11) is 0. The molecule has 0 spiro atoms. The normalized spacial score (nSPS) is 12.1. The average molecular weight is 364 g/mol. The molecule has 0 saturated heterocycles. The fraction of sp³-hybridized carbons (Fsp3) is 0.474. The highest BCUT2D eigenvalue weighted by Crippen LogP contribution is 2.28. The predicted octanol–water partition coefficient (Wildman–Crippen LogP) is 4.61. The highest BCUT2D eigenvalue weighted by Gasteiger charge is 2.25. The number of rotatable bonds is 4. The molecule has 0 fully saturated rings. The number of nitrogens with zero attached hydrogens (tertiary/aromatic N) is 2. The summed E-state index contributed by atoms with van der Waals surface area (Å²) in [5, 5.41) is 8.21. The maximum absolute atomic E-state index is 12.3. The van der Waals surface area contributed by atoms with Gasteiger partial charge in [-0.25, -0.2) is 4.68 Å². The van der Waals surface area contributed by atoms with Crippen LogP contribution in [0.3, 0.4) is 0 Å². The Balaban J connectivity index is 2.11. The van der Waals surface area contributed by atoms with Gasteiger partial charge in [-0.05, 0) is 45.0 Å². The number of carbonyl (C=O) groups is 1. The lowest BCUT2D eigenvalue weighted by atomic mass is 9.92. The summed E-state index contributed by atoms with van der Waals surface area (Å²) in [6.07, 6.45) is 0. The molecule has 6 heteroatoms. The number of ether oxygens (including phenoxy) is 1. The molecule has 0 radical (unpaired) electrons. The zero-order chi connectivity index (χ0) is 18.8. The Morgan fingerprint density at radius 3 is 2.28 bits per heavy atom. The average Bonchev–Trinajstić information content (AvgIpc) is 2.91. The summed E-state index contributed by atoms with van der Waals surface area (Å²) in [4.78, 5) is 12.3. The van der Waals surface area contributed by atoms with Crippen molar-refractivity contribution in [3.05, 3.63) is 41.0 Å². The van der Waals surface area contributed by atoms with Crippen LogP contribution in [0.25, 0.3) is 0 Å². The number of benzene rings is 1. The third kappa shape index (κ3) is 5.23. The molecule has 0 bridgehead atoms. The van der Waals surface area contributed by atoms with E-state index in [1.54, 1.807) is 24.3 Å². The topological polar surface area (TPSA) is 56.1 Å². The molecule has 1 amide bonds. The molecule has 0 aliphatic heterocycles. The molecule has 2 aromatic rings. The lowest BCUT2D eigenvalue weighted by molar-refractivity contribution is -0.118. The number of nitrogens with one attached hydrogen (secondary N) is 1. The minimum Gasteiger partial charge on any atom is -0.484 e. The van der Waals surface area contributed by atoms with Crippen molar-refractivity contribution in [3.8, 4) is 5.75 Å². The van der Waals surface area contributed by atoms with E-state index in [1.165, 1.54) is 0 Å². The summed E-state index contributed by atoms with van der Waals surface area (Å²) in [5.41, 5.74) is 0.579. The van der Waals surface area contributed by atoms with Gasteiger partial charge in [0.25, 0.3) is 5.91 Å². The predicted molar refractivity (Wildman–Crippen MR) is 101 cm³/mol. The summed E-state index contributed by atoms with van der Waals surface area (Å²) in [6, 6.07) is 8.82. The van der Waals surface area contributed by atoms with Crippen molar-refractivity contribution in [2.45, 2.75) is 52.5 Å². The summed E-state index contributed by atoms with van der Waals surface area (Å²) < 4.78 is 7.34. The first-order valence-electron chi connectivity index (χ1n) is 8.26. The van der Waals surface area contributed by atoms with E-state index in [4.69, 9.17) is 16.3 Å². The fourth-order valence-electron chi connectivity index (χ4n) is 2.21. The van der Waals surface area contributed by atoms with Crippen molar-refractivity contribution in [3.63, 3.8) is 0 Å². The zero-order valence-electron chi connectivity index (χ0n) is 15.7. The third-order valence-corrected chi connectivity index (χ3v) is 3.82. The van der Waals surface area contributed by atoms with Crippen LogP contribution in [0.15, 0.2) is 30.3 Å². The van der Waals surface area contributed by atoms with E-state index >= 15 is 0 Å². The fourth-order valence-corrected chi connectivity index (χ4v) is 2.33. The number of halogens is 1. The van der Waals surface area contributed by atoms with Gasteiger partial charge in [0, 0.05) is 16.5 Å². The number of hydrogen-bond acceptors (Lipinski definition) is 3. The smallest absolute Gasteiger partial charge is 0.263 e. The van der Waals surface area contributed by atoms with Crippen LogP contribution in [-0.4, -0.2) is 22.3 Å². The first-order valence-corrected chi connectivity index (χ1v) is 8.64. The van der Waals surface area contributed by atoms with Crippen LogP contribution in [0.1, 0.15) is 47.2 Å². The molecular weight excluding hydrogens is 338 g/mol. The molecule has 1 aromatic heterocycles. The highest BCUT2D eigenvalue weighted by atomic mass is 35.5. The van der Waals surface area contributed by atoms with Crippen molar-refractivity contribution in [1.29, 1.82) is 0 Å². The Hall–Kier alpha value is -2.01. The molecule has 0 saturated carbocycles. The minimum atomic E-state index is -0.247. The minimum absolute atomic E-state index is 0.0815. The third-order valence-electron chi connectivity index (χ3n) is 3.56. The molecule has 0 unspecified atom stereocenters. The first kappa shape index (κ1) is 19.3. The molecule has 1 aromatic carbocycles. The van der Waals surface area contributed by atoms with Crippen LogP contribution in [0.4, 0.5) is 5.82 Å². The Morgan fingerprint density at radius 2 is 1.76 bits per heavy atom. The van der Waals surface area contributed by atoms with E-state index in [0.29, 0.717) is 16.6 Å². The summed E-state index contributed by atoms with van der Waals surface area (Å²) in [5.74, 6) is 1.03. The van der Waals surface area contributed by atoms with Crippen molar-refractivity contribution in [2.75, 3.05) is 11.9 Å². The molecule has 5 nitrogen and oxygen atoms in total. The summed E-state index contributed by atoms with van der Waals surface area (Å²) >= 11 is 5.84. The van der Waals surface area contributed by atoms with E-state index in [0.717, 1.165) is 5.69 Å². The Morgan fingerprint density at radius 1 is 1.16 bits per heavy atom. The van der Waals surface area contributed by atoms with E-state index in [2.05, 4.69) is 31.2 Å². The SMILES string of the molecule is CC(C)(C)c1cc(NC(=O)COc2ccc(Cl)cc2)n(C(C)(C)C)n1. The van der Waals surface area contributed by atoms with Crippen LogP contribution in [0.5, 0.6) is 5.75 Å². The molecule has 136 valence electrons. The van der Waals surface area contributed by atoms with Crippen molar-refractivity contribution in [1.82, 2.24) is 9.78 Å². The van der Waals surface area contributed by atoms with E-state index in [9.17, 15) is 4.79 Å². The molecule has 0 atom stereocenters. The number of carbonyl (C=O) groups excluding carboxylic acids is 1. The van der Waals surface area contributed by atoms with Crippen LogP contribution >= 0.6 is 11.6 Å². The first-order chi connectivity index (χ1) is 11.5. The van der Waals surface area contributed by atoms with E-state index in [1.807, 2.05) is 31.5 Å². The van der Waals surface area contributed by atoms with Gasteiger partial charge in [-0.1, -0.05) is 32.4 Å². The quantitative estimate of drug-likeness (QED) is 0.863. The Kier molecular flexibility index (Phi) is 5.47. The Bertz CT molecular complexity index is 738. The van der Waals surface area contributed by atoms with Crippen molar-refractivity contribution in [2.24, 2.45) is 0 Å². The second-order valence-electron chi connectivity index (χ2n) is 8.04. The standard InChI is InChI=1S/C19H26ClN3O2/c1-18(2,3)15-11-16(23(22-15)19(4,5)6)21-17(24)12-25-14-9-7-13(20)8-10-14/h7-11H,12H2,1-6H3,(H,21,24). The van der Waals surface area contributed by atoms with Crippen LogP contribution in [0.2, 0.25) is 5.02 Å². The largest absolute Gasteiger partial charge is 0.484 e. The molecule has 2 rings (SSSR count). The number of amides is 1. The lowest BCUT2D eigenvalue weighted by Gasteiger charge is -2.23. The number of aromatic nitrogens is 2. The van der Waals surface area contributed by atoms with Crippen LogP contribution in [0, 0.1) is 0 Å². The van der Waals surface area contributed by atoms with Crippen molar-refractivity contribution < 1.29 is 9.53 Å². The van der Waals surface area contributed by atoms with Gasteiger partial charge < -0.3 is 10.1 Å². The van der Waals surface area contributed by atoms with Gasteiger partial charge in [0.1, 0.15) is 11.6 Å². The van der Waals surface area contributed by atoms with Gasteiger partial charge in [0.2, 0.25) is 0 Å². The van der Waals surface area contributed by atoms with Gasteiger partial charge in [0.15, 0.2) is 6.61 Å². The molecular formula is C19H26ClN3O2. The lowest BCUT2D eigenvalue weighted by Crippen LogP contribution is -2.28. The molecule has 1 heterocycles. The van der Waals surface area contributed by atoms with Gasteiger partial charge >= 0.3 is 0 Å². The number of hydrogen-bond donors (Lipinski definition) is 1. The van der Waals surface area contributed by atoms with Gasteiger partial charge in [-0.15, -0.1) is 0 Å². The number of anilines is 1. The van der Waals surface area contributed by atoms with Gasteiger partial charge in [0.05, 0.1) is 11.2 Å².